The lowest BCUT2D eigenvalue weighted by Gasteiger charge is -2.26. The third-order valence-corrected chi connectivity index (χ3v) is 19.0. The van der Waals surface area contributed by atoms with Crippen molar-refractivity contribution in [2.75, 3.05) is 42.7 Å². The summed E-state index contributed by atoms with van der Waals surface area (Å²) < 4.78 is 33.9. The predicted octanol–water partition coefficient (Wildman–Crippen LogP) is 4.48. The van der Waals surface area contributed by atoms with Gasteiger partial charge in [0.15, 0.2) is 0 Å². The summed E-state index contributed by atoms with van der Waals surface area (Å²) in [6, 6.07) is 7.29. The SMILES string of the molecule is CO[Si](C)(CCC[SiH](CCC[Si](C)(OC)OC)CCC[Si](C)(OC)OC)OC. The van der Waals surface area contributed by atoms with Gasteiger partial charge in [-0.05, 0) is 37.8 Å². The third kappa shape index (κ3) is 11.1. The van der Waals surface area contributed by atoms with Gasteiger partial charge in [-0.3, -0.25) is 0 Å². The highest BCUT2D eigenvalue weighted by Gasteiger charge is 2.31. The van der Waals surface area contributed by atoms with Crippen LogP contribution in [0.2, 0.25) is 55.9 Å². The van der Waals surface area contributed by atoms with Gasteiger partial charge in [0.05, 0.1) is 0 Å². The Labute approximate surface area is 178 Å². The molecule has 0 atom stereocenters. The van der Waals surface area contributed by atoms with Gasteiger partial charge in [-0.25, -0.2) is 0 Å². The van der Waals surface area contributed by atoms with E-state index in [2.05, 4.69) is 19.6 Å². The molecule has 0 rings (SSSR count). The summed E-state index contributed by atoms with van der Waals surface area (Å²) in [5.74, 6) is 0. The minimum absolute atomic E-state index is 0.835. The van der Waals surface area contributed by atoms with Crippen molar-refractivity contribution in [1.29, 1.82) is 0 Å². The minimum atomic E-state index is -1.95. The Hall–Kier alpha value is 0.628. The highest BCUT2D eigenvalue weighted by atomic mass is 28.4. The van der Waals surface area contributed by atoms with E-state index in [0.717, 1.165) is 18.1 Å². The van der Waals surface area contributed by atoms with E-state index in [9.17, 15) is 0 Å². The second-order valence-corrected chi connectivity index (χ2v) is 22.4. The van der Waals surface area contributed by atoms with Crippen molar-refractivity contribution < 1.29 is 26.6 Å². The second kappa shape index (κ2) is 14.6. The van der Waals surface area contributed by atoms with Crippen LogP contribution in [0.15, 0.2) is 0 Å². The van der Waals surface area contributed by atoms with Gasteiger partial charge >= 0.3 is 25.7 Å². The average Bonchev–Trinajstić information content (AvgIpc) is 2.72. The first-order valence-corrected chi connectivity index (χ1v) is 20.5. The highest BCUT2D eigenvalue weighted by Crippen LogP contribution is 2.25. The molecule has 170 valence electrons. The average molecular weight is 471 g/mol. The highest BCUT2D eigenvalue weighted by molar-refractivity contribution is 6.67. The van der Waals surface area contributed by atoms with Gasteiger partial charge in [-0.15, -0.1) is 0 Å². The number of rotatable bonds is 18. The third-order valence-electron chi connectivity index (χ3n) is 6.32. The molecule has 0 radical (unpaired) electrons. The molecule has 0 aromatic carbocycles. The van der Waals surface area contributed by atoms with Crippen LogP contribution in [0, 0.1) is 0 Å². The van der Waals surface area contributed by atoms with Crippen molar-refractivity contribution in [1.82, 2.24) is 0 Å². The molecule has 0 saturated carbocycles. The van der Waals surface area contributed by atoms with Crippen LogP contribution in [-0.2, 0) is 26.6 Å². The molecule has 0 aliphatic heterocycles. The zero-order chi connectivity index (χ0) is 21.7. The van der Waals surface area contributed by atoms with Gasteiger partial charge in [-0.1, -0.05) is 37.4 Å². The molecule has 10 heteroatoms. The second-order valence-electron chi connectivity index (χ2n) is 8.17. The summed E-state index contributed by atoms with van der Waals surface area (Å²) >= 11 is 0. The molecular weight excluding hydrogens is 425 g/mol. The topological polar surface area (TPSA) is 55.4 Å². The van der Waals surface area contributed by atoms with Crippen LogP contribution in [0.25, 0.3) is 0 Å². The van der Waals surface area contributed by atoms with Gasteiger partial charge < -0.3 is 26.6 Å². The Kier molecular flexibility index (Phi) is 14.9. The summed E-state index contributed by atoms with van der Waals surface area (Å²) in [5, 5.41) is 0. The summed E-state index contributed by atoms with van der Waals surface area (Å²) in [6.07, 6.45) is 3.65. The van der Waals surface area contributed by atoms with Gasteiger partial charge in [0.1, 0.15) is 0 Å². The van der Waals surface area contributed by atoms with Crippen LogP contribution < -0.4 is 0 Å². The molecular formula is C18H46O6Si4. The molecule has 0 amide bonds. The molecule has 0 aromatic heterocycles. The smallest absolute Gasteiger partial charge is 0.334 e. The zero-order valence-electron chi connectivity index (χ0n) is 19.9. The Morgan fingerprint density at radius 1 is 0.464 bits per heavy atom. The van der Waals surface area contributed by atoms with Crippen molar-refractivity contribution >= 4 is 34.5 Å². The lowest BCUT2D eigenvalue weighted by molar-refractivity contribution is 0.249. The lowest BCUT2D eigenvalue weighted by Crippen LogP contribution is -2.37. The molecule has 0 heterocycles. The predicted molar refractivity (Wildman–Crippen MR) is 127 cm³/mol. The molecule has 0 aromatic rings. The fourth-order valence-corrected chi connectivity index (χ4v) is 12.1. The quantitative estimate of drug-likeness (QED) is 0.275. The van der Waals surface area contributed by atoms with Gasteiger partial charge in [-0.2, -0.15) is 0 Å². The van der Waals surface area contributed by atoms with Gasteiger partial charge in [0.25, 0.3) is 0 Å². The molecule has 28 heavy (non-hydrogen) atoms. The van der Waals surface area contributed by atoms with Crippen LogP contribution in [0.3, 0.4) is 0 Å². The summed E-state index contributed by atoms with van der Waals surface area (Å²) in [7, 11) is 4.01. The summed E-state index contributed by atoms with van der Waals surface area (Å²) in [6.45, 7) is 6.48. The largest absolute Gasteiger partial charge is 0.398 e. The van der Waals surface area contributed by atoms with E-state index >= 15 is 0 Å². The molecule has 0 bridgehead atoms. The van der Waals surface area contributed by atoms with E-state index in [-0.39, 0.29) is 0 Å². The standard InChI is InChI=1S/C18H46O6Si4/c1-19-26(7,20-2)16-10-13-25(14-11-17-27(8,21-3)22-4)15-12-18-28(9,23-5)24-6/h25H,10-18H2,1-9H3. The number of hydrogen-bond acceptors (Lipinski definition) is 6. The maximum absolute atomic E-state index is 5.66. The molecule has 0 aliphatic carbocycles. The van der Waals surface area contributed by atoms with E-state index in [4.69, 9.17) is 26.6 Å². The lowest BCUT2D eigenvalue weighted by atomic mass is 10.5. The first kappa shape index (κ1) is 28.6. The minimum Gasteiger partial charge on any atom is -0.398 e. The molecule has 6 nitrogen and oxygen atoms in total. The van der Waals surface area contributed by atoms with Gasteiger partial charge in [0.2, 0.25) is 0 Å². The van der Waals surface area contributed by atoms with Crippen LogP contribution in [0.5, 0.6) is 0 Å². The van der Waals surface area contributed by atoms with Crippen molar-refractivity contribution in [2.24, 2.45) is 0 Å². The van der Waals surface area contributed by atoms with E-state index in [0.29, 0.717) is 0 Å². The van der Waals surface area contributed by atoms with Crippen molar-refractivity contribution in [2.45, 2.75) is 75.2 Å². The van der Waals surface area contributed by atoms with Crippen LogP contribution in [0.4, 0.5) is 0 Å². The maximum Gasteiger partial charge on any atom is 0.334 e. The van der Waals surface area contributed by atoms with Crippen LogP contribution in [0.1, 0.15) is 19.3 Å². The van der Waals surface area contributed by atoms with E-state index in [1.165, 1.54) is 37.4 Å². The molecule has 0 N–H and O–H groups in total. The Balaban J connectivity index is 4.64. The first-order chi connectivity index (χ1) is 13.1. The summed E-state index contributed by atoms with van der Waals surface area (Å²) in [4.78, 5) is 0. The number of hydrogen-bond donors (Lipinski definition) is 0. The summed E-state index contributed by atoms with van der Waals surface area (Å²) in [5.41, 5.74) is 0. The zero-order valence-corrected chi connectivity index (χ0v) is 24.0. The molecule has 0 spiro atoms. The monoisotopic (exact) mass is 470 g/mol. The van der Waals surface area contributed by atoms with E-state index in [1.54, 1.807) is 42.7 Å². The normalized spacial score (nSPS) is 13.5. The molecule has 0 saturated heterocycles. The molecule has 0 aliphatic rings. The van der Waals surface area contributed by atoms with Crippen molar-refractivity contribution in [3.05, 3.63) is 0 Å². The van der Waals surface area contributed by atoms with Crippen LogP contribution in [-0.4, -0.2) is 77.1 Å². The Bertz CT molecular complexity index is 333. The fraction of sp³-hybridized carbons (Fsp3) is 1.00. The Morgan fingerprint density at radius 3 is 0.857 bits per heavy atom. The fourth-order valence-electron chi connectivity index (χ4n) is 3.43. The molecule has 0 unspecified atom stereocenters. The Morgan fingerprint density at radius 2 is 0.679 bits per heavy atom. The van der Waals surface area contributed by atoms with Crippen LogP contribution >= 0.6 is 0 Å². The first-order valence-electron chi connectivity index (χ1n) is 10.5. The van der Waals surface area contributed by atoms with E-state index in [1.807, 2.05) is 0 Å². The molecule has 0 fully saturated rings. The maximum atomic E-state index is 5.66. The van der Waals surface area contributed by atoms with Crippen molar-refractivity contribution in [3.8, 4) is 0 Å². The van der Waals surface area contributed by atoms with Gasteiger partial charge in [0, 0.05) is 51.5 Å². The van der Waals surface area contributed by atoms with E-state index < -0.39 is 34.5 Å². The van der Waals surface area contributed by atoms with Crippen molar-refractivity contribution in [3.63, 3.8) is 0 Å².